The van der Waals surface area contributed by atoms with Gasteiger partial charge in [-0.2, -0.15) is 5.26 Å². The third kappa shape index (κ3) is 4.40. The molecule has 0 saturated carbocycles. The van der Waals surface area contributed by atoms with E-state index < -0.39 is 16.9 Å². The minimum absolute atomic E-state index is 0.0590. The second-order valence-electron chi connectivity index (χ2n) is 5.15. The fourth-order valence-corrected chi connectivity index (χ4v) is 2.26. The molecule has 0 unspecified atom stereocenters. The van der Waals surface area contributed by atoms with E-state index in [2.05, 4.69) is 5.32 Å². The standard InChI is InChI=1S/C17H14ClN3O5/c1-10(17(22)20-12-4-3-11(9-19)14(18)7-12)26-16-6-5-13(25-2)8-15(16)21(23)24/h3-8,10H,1-2H3,(H,20,22)/t10-/m0/s1. The molecule has 1 amide bonds. The molecule has 26 heavy (non-hydrogen) atoms. The average Bonchev–Trinajstić information content (AvgIpc) is 2.61. The smallest absolute Gasteiger partial charge is 0.314 e. The maximum atomic E-state index is 12.2. The van der Waals surface area contributed by atoms with Gasteiger partial charge in [0.1, 0.15) is 11.8 Å². The number of nitro benzene ring substituents is 1. The van der Waals surface area contributed by atoms with Gasteiger partial charge in [0, 0.05) is 5.69 Å². The highest BCUT2D eigenvalue weighted by atomic mass is 35.5. The van der Waals surface area contributed by atoms with E-state index >= 15 is 0 Å². The number of methoxy groups -OCH3 is 1. The summed E-state index contributed by atoms with van der Waals surface area (Å²) in [5.41, 5.74) is 0.340. The van der Waals surface area contributed by atoms with Gasteiger partial charge in [-0.25, -0.2) is 0 Å². The molecule has 0 radical (unpaired) electrons. The summed E-state index contributed by atoms with van der Waals surface area (Å²) in [6, 6.07) is 10.4. The molecule has 134 valence electrons. The summed E-state index contributed by atoms with van der Waals surface area (Å²) >= 11 is 5.91. The van der Waals surface area contributed by atoms with Crippen molar-refractivity contribution in [1.29, 1.82) is 5.26 Å². The third-order valence-corrected chi connectivity index (χ3v) is 3.71. The average molecular weight is 376 g/mol. The minimum atomic E-state index is -1.02. The summed E-state index contributed by atoms with van der Waals surface area (Å²) in [5, 5.41) is 22.8. The van der Waals surface area contributed by atoms with Crippen LogP contribution in [0.5, 0.6) is 11.5 Å². The number of ether oxygens (including phenoxy) is 2. The third-order valence-electron chi connectivity index (χ3n) is 3.39. The predicted octanol–water partition coefficient (Wildman–Crippen LogP) is 3.53. The summed E-state index contributed by atoms with van der Waals surface area (Å²) in [5.74, 6) is -0.291. The van der Waals surface area contributed by atoms with E-state index in [9.17, 15) is 14.9 Å². The second kappa shape index (κ2) is 8.18. The molecule has 0 heterocycles. The van der Waals surface area contributed by atoms with Gasteiger partial charge in [0.15, 0.2) is 11.9 Å². The van der Waals surface area contributed by atoms with Crippen LogP contribution in [0, 0.1) is 21.4 Å². The molecule has 1 atom stereocenters. The van der Waals surface area contributed by atoms with E-state index in [0.29, 0.717) is 11.4 Å². The van der Waals surface area contributed by atoms with E-state index in [-0.39, 0.29) is 22.0 Å². The van der Waals surface area contributed by atoms with Crippen LogP contribution in [0.25, 0.3) is 0 Å². The minimum Gasteiger partial charge on any atom is -0.496 e. The molecule has 0 saturated heterocycles. The Morgan fingerprint density at radius 1 is 1.35 bits per heavy atom. The van der Waals surface area contributed by atoms with Crippen molar-refractivity contribution in [3.05, 3.63) is 57.1 Å². The molecule has 0 aliphatic carbocycles. The number of nitro groups is 1. The number of halogens is 1. The number of carbonyl (C=O) groups is 1. The summed E-state index contributed by atoms with van der Waals surface area (Å²) in [4.78, 5) is 22.8. The molecule has 2 aromatic rings. The first-order chi connectivity index (χ1) is 12.3. The number of anilines is 1. The highest BCUT2D eigenvalue weighted by Gasteiger charge is 2.22. The molecule has 2 rings (SSSR count). The van der Waals surface area contributed by atoms with Crippen molar-refractivity contribution in [2.24, 2.45) is 0 Å². The van der Waals surface area contributed by atoms with E-state index in [1.165, 1.54) is 50.4 Å². The SMILES string of the molecule is COc1ccc(O[C@@H](C)C(=O)Nc2ccc(C#N)c(Cl)c2)c([N+](=O)[O-])c1. The number of amides is 1. The summed E-state index contributed by atoms with van der Waals surface area (Å²) in [7, 11) is 1.39. The fourth-order valence-electron chi connectivity index (χ4n) is 2.04. The lowest BCUT2D eigenvalue weighted by Gasteiger charge is -2.15. The van der Waals surface area contributed by atoms with E-state index in [4.69, 9.17) is 26.3 Å². The molecular formula is C17H14ClN3O5. The Balaban J connectivity index is 2.13. The molecule has 0 aliphatic heterocycles. The van der Waals surface area contributed by atoms with Crippen molar-refractivity contribution < 1.29 is 19.2 Å². The Labute approximate surface area is 154 Å². The largest absolute Gasteiger partial charge is 0.496 e. The maximum Gasteiger partial charge on any atom is 0.314 e. The normalized spacial score (nSPS) is 11.2. The lowest BCUT2D eigenvalue weighted by molar-refractivity contribution is -0.386. The number of nitrogens with zero attached hydrogens (tertiary/aromatic N) is 2. The molecule has 0 spiro atoms. The molecule has 2 aromatic carbocycles. The molecule has 0 aromatic heterocycles. The van der Waals surface area contributed by atoms with Crippen molar-refractivity contribution in [2.75, 3.05) is 12.4 Å². The van der Waals surface area contributed by atoms with Crippen LogP contribution >= 0.6 is 11.6 Å². The van der Waals surface area contributed by atoms with Gasteiger partial charge in [-0.05, 0) is 37.3 Å². The molecule has 0 fully saturated rings. The summed E-state index contributed by atoms with van der Waals surface area (Å²) in [6.45, 7) is 1.45. The lowest BCUT2D eigenvalue weighted by Crippen LogP contribution is -2.30. The van der Waals surface area contributed by atoms with Crippen LogP contribution in [0.3, 0.4) is 0 Å². The van der Waals surface area contributed by atoms with Crippen LogP contribution in [0.2, 0.25) is 5.02 Å². The molecule has 0 aliphatic rings. The Morgan fingerprint density at radius 2 is 2.08 bits per heavy atom. The first kappa shape index (κ1) is 19.0. The van der Waals surface area contributed by atoms with Gasteiger partial charge < -0.3 is 14.8 Å². The van der Waals surface area contributed by atoms with Crippen LogP contribution in [-0.4, -0.2) is 24.0 Å². The first-order valence-corrected chi connectivity index (χ1v) is 7.73. The summed E-state index contributed by atoms with van der Waals surface area (Å²) in [6.07, 6.45) is -1.02. The monoisotopic (exact) mass is 375 g/mol. The molecule has 0 bridgehead atoms. The lowest BCUT2D eigenvalue weighted by atomic mass is 10.2. The van der Waals surface area contributed by atoms with E-state index in [1.807, 2.05) is 6.07 Å². The summed E-state index contributed by atoms with van der Waals surface area (Å²) < 4.78 is 10.4. The van der Waals surface area contributed by atoms with E-state index in [0.717, 1.165) is 0 Å². The van der Waals surface area contributed by atoms with Crippen molar-refractivity contribution >= 4 is 28.9 Å². The van der Waals surface area contributed by atoms with Crippen molar-refractivity contribution in [1.82, 2.24) is 0 Å². The quantitative estimate of drug-likeness (QED) is 0.610. The predicted molar refractivity (Wildman–Crippen MR) is 94.5 cm³/mol. The zero-order valence-corrected chi connectivity index (χ0v) is 14.6. The van der Waals surface area contributed by atoms with Crippen LogP contribution in [0.1, 0.15) is 12.5 Å². The highest BCUT2D eigenvalue weighted by Crippen LogP contribution is 2.32. The zero-order valence-electron chi connectivity index (χ0n) is 13.9. The van der Waals surface area contributed by atoms with Gasteiger partial charge in [0.05, 0.1) is 28.7 Å². The van der Waals surface area contributed by atoms with Gasteiger partial charge >= 0.3 is 5.69 Å². The topological polar surface area (TPSA) is 114 Å². The number of nitrogens with one attached hydrogen (secondary N) is 1. The van der Waals surface area contributed by atoms with Crippen molar-refractivity contribution in [3.63, 3.8) is 0 Å². The number of nitriles is 1. The van der Waals surface area contributed by atoms with Crippen molar-refractivity contribution in [3.8, 4) is 17.6 Å². The van der Waals surface area contributed by atoms with Gasteiger partial charge in [-0.15, -0.1) is 0 Å². The van der Waals surface area contributed by atoms with Gasteiger partial charge in [0.25, 0.3) is 5.91 Å². The van der Waals surface area contributed by atoms with Crippen LogP contribution < -0.4 is 14.8 Å². The molecule has 1 N–H and O–H groups in total. The van der Waals surface area contributed by atoms with Crippen LogP contribution in [-0.2, 0) is 4.79 Å². The Kier molecular flexibility index (Phi) is 5.98. The number of hydrogen-bond acceptors (Lipinski definition) is 6. The zero-order chi connectivity index (χ0) is 19.3. The molecule has 8 nitrogen and oxygen atoms in total. The highest BCUT2D eigenvalue weighted by molar-refractivity contribution is 6.32. The van der Waals surface area contributed by atoms with Crippen LogP contribution in [0.4, 0.5) is 11.4 Å². The second-order valence-corrected chi connectivity index (χ2v) is 5.55. The first-order valence-electron chi connectivity index (χ1n) is 7.35. The number of rotatable bonds is 6. The Morgan fingerprint density at radius 3 is 2.65 bits per heavy atom. The van der Waals surface area contributed by atoms with Crippen LogP contribution in [0.15, 0.2) is 36.4 Å². The van der Waals surface area contributed by atoms with Gasteiger partial charge in [-0.1, -0.05) is 11.6 Å². The van der Waals surface area contributed by atoms with E-state index in [1.54, 1.807) is 0 Å². The maximum absolute atomic E-state index is 12.2. The molecule has 9 heteroatoms. The molecular weight excluding hydrogens is 362 g/mol. The fraction of sp³-hybridized carbons (Fsp3) is 0.176. The number of carbonyl (C=O) groups excluding carboxylic acids is 1. The van der Waals surface area contributed by atoms with Gasteiger partial charge in [0.2, 0.25) is 0 Å². The number of benzene rings is 2. The number of hydrogen-bond donors (Lipinski definition) is 1. The van der Waals surface area contributed by atoms with Gasteiger partial charge in [-0.3, -0.25) is 14.9 Å². The van der Waals surface area contributed by atoms with Crippen molar-refractivity contribution in [2.45, 2.75) is 13.0 Å². The Hall–Kier alpha value is -3.31. The Bertz CT molecular complexity index is 894.